The molecule has 1 saturated heterocycles. The van der Waals surface area contributed by atoms with Crippen LogP contribution in [0.5, 0.6) is 0 Å². The number of aromatic nitrogens is 1. The number of aliphatic carboxylic acids is 2. The largest absolute Gasteiger partial charge is 0.479 e. The van der Waals surface area contributed by atoms with Crippen LogP contribution in [0.4, 0.5) is 5.13 Å². The lowest BCUT2D eigenvalue weighted by atomic mass is 10.0. The molecule has 1 aromatic rings. The maximum absolute atomic E-state index is 12.9. The molecule has 2 amide bonds. The first-order valence-electron chi connectivity index (χ1n) is 8.69. The van der Waals surface area contributed by atoms with Gasteiger partial charge in [-0.1, -0.05) is 28.1 Å². The fourth-order valence-electron chi connectivity index (χ4n) is 2.99. The molecule has 16 heteroatoms. The van der Waals surface area contributed by atoms with Crippen LogP contribution in [0.15, 0.2) is 16.4 Å². The van der Waals surface area contributed by atoms with E-state index in [9.17, 15) is 24.3 Å². The SMILES string of the molecule is CSCC1=C(C(=O)O)N2C(=O)C(NC(=O)C(=NOCC(=O)O)c3nc(N)sc3Cl)[C@H]2SC1. The summed E-state index contributed by atoms with van der Waals surface area (Å²) >= 11 is 9.67. The molecule has 2 atom stereocenters. The van der Waals surface area contributed by atoms with Crippen LogP contribution in [0.3, 0.4) is 0 Å². The summed E-state index contributed by atoms with van der Waals surface area (Å²) in [6, 6.07) is -1.03. The Morgan fingerprint density at radius 3 is 2.72 bits per heavy atom. The summed E-state index contributed by atoms with van der Waals surface area (Å²) in [5.74, 6) is -3.19. The van der Waals surface area contributed by atoms with Gasteiger partial charge in [0, 0.05) is 11.5 Å². The Labute approximate surface area is 198 Å². The lowest BCUT2D eigenvalue weighted by molar-refractivity contribution is -0.150. The van der Waals surface area contributed by atoms with Crippen molar-refractivity contribution in [2.45, 2.75) is 11.4 Å². The first-order chi connectivity index (χ1) is 15.1. The smallest absolute Gasteiger partial charge is 0.352 e. The summed E-state index contributed by atoms with van der Waals surface area (Å²) in [7, 11) is 0. The van der Waals surface area contributed by atoms with Crippen molar-refractivity contribution in [3.8, 4) is 0 Å². The molecule has 1 aromatic heterocycles. The minimum atomic E-state index is -1.32. The Morgan fingerprint density at radius 2 is 2.16 bits per heavy atom. The van der Waals surface area contributed by atoms with Crippen molar-refractivity contribution < 1.29 is 34.2 Å². The van der Waals surface area contributed by atoms with E-state index in [4.69, 9.17) is 22.4 Å². The Bertz CT molecular complexity index is 1040. The molecule has 2 aliphatic heterocycles. The second-order valence-electron chi connectivity index (χ2n) is 6.33. The molecule has 0 saturated carbocycles. The molecule has 0 bridgehead atoms. The van der Waals surface area contributed by atoms with E-state index in [1.165, 1.54) is 23.5 Å². The molecule has 0 spiro atoms. The first kappa shape index (κ1) is 24.2. The highest BCUT2D eigenvalue weighted by atomic mass is 35.5. The maximum Gasteiger partial charge on any atom is 0.352 e. The van der Waals surface area contributed by atoms with Gasteiger partial charge in [0.1, 0.15) is 27.1 Å². The Hall–Kier alpha value is -2.49. The maximum atomic E-state index is 12.9. The van der Waals surface area contributed by atoms with Gasteiger partial charge in [-0.3, -0.25) is 14.5 Å². The number of carboxylic acid groups (broad SMARTS) is 2. The van der Waals surface area contributed by atoms with Gasteiger partial charge in [-0.15, -0.1) is 11.8 Å². The van der Waals surface area contributed by atoms with Crippen LogP contribution in [-0.2, 0) is 24.0 Å². The normalized spacial score (nSPS) is 20.5. The summed E-state index contributed by atoms with van der Waals surface area (Å²) in [6.07, 6.45) is 1.83. The molecule has 2 aliphatic rings. The second kappa shape index (κ2) is 9.97. The number of nitrogen functional groups attached to an aromatic ring is 1. The van der Waals surface area contributed by atoms with Crippen LogP contribution >= 0.6 is 46.5 Å². The number of fused-ring (bicyclic) bond motifs is 1. The highest BCUT2D eigenvalue weighted by molar-refractivity contribution is 8.00. The molecule has 0 radical (unpaired) electrons. The van der Waals surface area contributed by atoms with Crippen molar-refractivity contribution in [2.24, 2.45) is 5.16 Å². The van der Waals surface area contributed by atoms with Crippen LogP contribution in [0, 0.1) is 0 Å². The molecule has 0 aliphatic carbocycles. The molecular formula is C16H16ClN5O7S3. The van der Waals surface area contributed by atoms with Crippen molar-refractivity contribution in [3.05, 3.63) is 21.3 Å². The monoisotopic (exact) mass is 521 g/mol. The summed E-state index contributed by atoms with van der Waals surface area (Å²) in [5.41, 5.74) is 5.55. The molecule has 3 rings (SSSR count). The van der Waals surface area contributed by atoms with Crippen molar-refractivity contribution in [1.29, 1.82) is 0 Å². The number of carboxylic acids is 2. The third-order valence-corrected chi connectivity index (χ3v) is 7.30. The van der Waals surface area contributed by atoms with E-state index >= 15 is 0 Å². The molecule has 1 unspecified atom stereocenters. The van der Waals surface area contributed by atoms with E-state index in [1.54, 1.807) is 0 Å². The zero-order valence-corrected chi connectivity index (χ0v) is 19.4. The quantitative estimate of drug-likeness (QED) is 0.199. The second-order valence-corrected chi connectivity index (χ2v) is 9.94. The van der Waals surface area contributed by atoms with Crippen molar-refractivity contribution >= 4 is 81.1 Å². The first-order valence-corrected chi connectivity index (χ1v) is 12.3. The lowest BCUT2D eigenvalue weighted by Crippen LogP contribution is -2.71. The molecule has 1 fully saturated rings. The number of thiazole rings is 1. The standard InChI is InChI=1S/C16H16ClN5O7S3/c1-30-3-5-4-31-14-9(13(26)22(14)10(5)15(27)28)19-12(25)8(21-29-2-6(23)24)7-11(17)32-16(18)20-7/h9,14H,2-4H2,1H3,(H2,18,20)(H,19,25)(H,23,24)(H,27,28)/t9?,14-/m1/s1. The van der Waals surface area contributed by atoms with Gasteiger partial charge < -0.3 is 26.1 Å². The minimum Gasteiger partial charge on any atom is -0.479 e. The molecular weight excluding hydrogens is 506 g/mol. The number of carbonyl (C=O) groups excluding carboxylic acids is 2. The van der Waals surface area contributed by atoms with Crippen LogP contribution in [0.2, 0.25) is 4.34 Å². The van der Waals surface area contributed by atoms with E-state index < -0.39 is 47.5 Å². The predicted octanol–water partition coefficient (Wildman–Crippen LogP) is 0.286. The average Bonchev–Trinajstić information content (AvgIpc) is 3.06. The van der Waals surface area contributed by atoms with Crippen LogP contribution < -0.4 is 11.1 Å². The van der Waals surface area contributed by atoms with E-state index in [0.717, 1.165) is 16.2 Å². The number of nitrogens with one attached hydrogen (secondary N) is 1. The van der Waals surface area contributed by atoms with Gasteiger partial charge in [-0.25, -0.2) is 14.6 Å². The number of nitrogens with zero attached hydrogens (tertiary/aromatic N) is 3. The van der Waals surface area contributed by atoms with Crippen LogP contribution in [-0.4, -0.2) is 85.3 Å². The minimum absolute atomic E-state index is 0.0155. The number of halogens is 1. The van der Waals surface area contributed by atoms with Gasteiger partial charge in [0.25, 0.3) is 11.8 Å². The number of nitrogens with two attached hydrogens (primary N) is 1. The predicted molar refractivity (Wildman–Crippen MR) is 120 cm³/mol. The van der Waals surface area contributed by atoms with E-state index in [2.05, 4.69) is 20.3 Å². The summed E-state index contributed by atoms with van der Waals surface area (Å²) < 4.78 is 0.0155. The van der Waals surface area contributed by atoms with Gasteiger partial charge >= 0.3 is 11.9 Å². The number of rotatable bonds is 9. The number of carbonyl (C=O) groups is 4. The molecule has 3 heterocycles. The number of oxime groups is 1. The highest BCUT2D eigenvalue weighted by Gasteiger charge is 2.54. The zero-order chi connectivity index (χ0) is 23.6. The fourth-order valence-corrected chi connectivity index (χ4v) is 5.98. The van der Waals surface area contributed by atoms with Crippen molar-refractivity contribution in [3.63, 3.8) is 0 Å². The van der Waals surface area contributed by atoms with E-state index in [1.807, 2.05) is 6.26 Å². The molecule has 5 N–H and O–H groups in total. The number of thioether (sulfide) groups is 2. The van der Waals surface area contributed by atoms with Gasteiger partial charge in [-0.2, -0.15) is 11.8 Å². The molecule has 12 nitrogen and oxygen atoms in total. The van der Waals surface area contributed by atoms with Gasteiger partial charge in [0.15, 0.2) is 10.8 Å². The van der Waals surface area contributed by atoms with Crippen LogP contribution in [0.25, 0.3) is 0 Å². The van der Waals surface area contributed by atoms with Crippen molar-refractivity contribution in [2.75, 3.05) is 30.1 Å². The number of anilines is 1. The molecule has 32 heavy (non-hydrogen) atoms. The number of amides is 2. The van der Waals surface area contributed by atoms with Gasteiger partial charge in [0.2, 0.25) is 6.61 Å². The Balaban J connectivity index is 1.82. The fraction of sp³-hybridized carbons (Fsp3) is 0.375. The molecule has 0 aromatic carbocycles. The summed E-state index contributed by atoms with van der Waals surface area (Å²) in [4.78, 5) is 57.7. The summed E-state index contributed by atoms with van der Waals surface area (Å²) in [6.45, 7) is -0.826. The topological polar surface area (TPSA) is 185 Å². The lowest BCUT2D eigenvalue weighted by Gasteiger charge is -2.49. The number of hydrogen-bond donors (Lipinski definition) is 4. The third-order valence-electron chi connectivity index (χ3n) is 4.24. The van der Waals surface area contributed by atoms with Gasteiger partial charge in [-0.05, 0) is 11.8 Å². The Morgan fingerprint density at radius 1 is 1.44 bits per heavy atom. The number of β-lactam (4-membered cyclic amide) rings is 1. The summed E-state index contributed by atoms with van der Waals surface area (Å²) in [5, 5.41) is 23.7. The van der Waals surface area contributed by atoms with Gasteiger partial charge in [0.05, 0.1) is 0 Å². The van der Waals surface area contributed by atoms with E-state index in [-0.39, 0.29) is 20.9 Å². The molecule has 172 valence electrons. The zero-order valence-electron chi connectivity index (χ0n) is 16.2. The Kier molecular flexibility index (Phi) is 7.53. The van der Waals surface area contributed by atoms with Crippen LogP contribution in [0.1, 0.15) is 5.69 Å². The third kappa shape index (κ3) is 4.79. The number of hydrogen-bond acceptors (Lipinski definition) is 11. The van der Waals surface area contributed by atoms with Crippen molar-refractivity contribution in [1.82, 2.24) is 15.2 Å². The van der Waals surface area contributed by atoms with E-state index in [0.29, 0.717) is 17.1 Å². The highest BCUT2D eigenvalue weighted by Crippen LogP contribution is 2.41. The average molecular weight is 522 g/mol.